The second-order valence-electron chi connectivity index (χ2n) is 4.71. The summed E-state index contributed by atoms with van der Waals surface area (Å²) in [6.45, 7) is 4.17. The summed E-state index contributed by atoms with van der Waals surface area (Å²) in [5, 5.41) is 8.72. The van der Waals surface area contributed by atoms with Gasteiger partial charge in [0.1, 0.15) is 0 Å². The molecule has 0 amide bonds. The number of rotatable bonds is 6. The second kappa shape index (κ2) is 5.71. The molecule has 0 unspecified atom stereocenters. The Labute approximate surface area is 108 Å². The number of anilines is 1. The Morgan fingerprint density at radius 2 is 2.17 bits per heavy atom. The molecule has 3 heteroatoms. The Bertz CT molecular complexity index is 450. The predicted molar refractivity (Wildman–Crippen MR) is 73.7 cm³/mol. The van der Waals surface area contributed by atoms with Crippen LogP contribution in [0.25, 0.3) is 6.08 Å². The summed E-state index contributed by atoms with van der Waals surface area (Å²) < 4.78 is 0. The van der Waals surface area contributed by atoms with E-state index in [1.54, 1.807) is 6.08 Å². The highest BCUT2D eigenvalue weighted by Gasteiger charge is 2.24. The molecule has 2 rings (SSSR count). The van der Waals surface area contributed by atoms with E-state index in [9.17, 15) is 4.79 Å². The molecule has 1 aliphatic carbocycles. The summed E-state index contributed by atoms with van der Waals surface area (Å²) in [6, 6.07) is 7.97. The minimum atomic E-state index is -0.907. The van der Waals surface area contributed by atoms with Gasteiger partial charge in [0.05, 0.1) is 0 Å². The Balaban J connectivity index is 2.21. The lowest BCUT2D eigenvalue weighted by atomic mass is 10.1. The van der Waals surface area contributed by atoms with Crippen molar-refractivity contribution in [2.24, 2.45) is 5.92 Å². The molecule has 0 aromatic heterocycles. The second-order valence-corrected chi connectivity index (χ2v) is 4.71. The van der Waals surface area contributed by atoms with Crippen molar-refractivity contribution >= 4 is 17.7 Å². The average Bonchev–Trinajstić information content (AvgIpc) is 3.18. The first-order chi connectivity index (χ1) is 8.70. The molecule has 96 valence electrons. The summed E-state index contributed by atoms with van der Waals surface area (Å²) in [6.07, 6.45) is 5.52. The molecule has 18 heavy (non-hydrogen) atoms. The Morgan fingerprint density at radius 1 is 1.44 bits per heavy atom. The lowest BCUT2D eigenvalue weighted by molar-refractivity contribution is -0.131. The van der Waals surface area contributed by atoms with Gasteiger partial charge in [-0.05, 0) is 43.4 Å². The van der Waals surface area contributed by atoms with Gasteiger partial charge in [0.2, 0.25) is 0 Å². The summed E-state index contributed by atoms with van der Waals surface area (Å²) in [5.41, 5.74) is 2.10. The van der Waals surface area contributed by atoms with Crippen molar-refractivity contribution in [3.63, 3.8) is 0 Å². The van der Waals surface area contributed by atoms with Gasteiger partial charge >= 0.3 is 5.97 Å². The summed E-state index contributed by atoms with van der Waals surface area (Å²) >= 11 is 0. The molecule has 0 heterocycles. The molecule has 1 N–H and O–H groups in total. The smallest absolute Gasteiger partial charge is 0.328 e. The first-order valence-electron chi connectivity index (χ1n) is 6.45. The van der Waals surface area contributed by atoms with Crippen molar-refractivity contribution in [1.29, 1.82) is 0 Å². The third kappa shape index (κ3) is 3.36. The molecule has 1 aromatic carbocycles. The zero-order valence-corrected chi connectivity index (χ0v) is 10.7. The fourth-order valence-corrected chi connectivity index (χ4v) is 2.09. The molecule has 3 nitrogen and oxygen atoms in total. The molecule has 0 saturated heterocycles. The molecule has 1 aromatic rings. The van der Waals surface area contributed by atoms with Crippen LogP contribution in [-0.4, -0.2) is 24.2 Å². The van der Waals surface area contributed by atoms with Gasteiger partial charge in [-0.15, -0.1) is 0 Å². The van der Waals surface area contributed by atoms with Gasteiger partial charge in [0.25, 0.3) is 0 Å². The zero-order chi connectivity index (χ0) is 13.0. The largest absolute Gasteiger partial charge is 0.478 e. The van der Waals surface area contributed by atoms with Crippen LogP contribution in [0, 0.1) is 5.92 Å². The third-order valence-electron chi connectivity index (χ3n) is 3.24. The Hall–Kier alpha value is -1.77. The van der Waals surface area contributed by atoms with Crippen molar-refractivity contribution in [3.05, 3.63) is 35.9 Å². The van der Waals surface area contributed by atoms with Crippen molar-refractivity contribution < 1.29 is 9.90 Å². The number of nitrogens with zero attached hydrogens (tertiary/aromatic N) is 1. The zero-order valence-electron chi connectivity index (χ0n) is 10.7. The molecule has 0 aliphatic heterocycles. The predicted octanol–water partition coefficient (Wildman–Crippen LogP) is 3.02. The van der Waals surface area contributed by atoms with E-state index in [2.05, 4.69) is 17.9 Å². The topological polar surface area (TPSA) is 40.5 Å². The minimum Gasteiger partial charge on any atom is -0.478 e. The van der Waals surface area contributed by atoms with Gasteiger partial charge in [0, 0.05) is 24.9 Å². The molecular formula is C15H19NO2. The molecule has 0 spiro atoms. The van der Waals surface area contributed by atoms with E-state index in [-0.39, 0.29) is 0 Å². The maximum atomic E-state index is 10.6. The van der Waals surface area contributed by atoms with Gasteiger partial charge < -0.3 is 10.0 Å². The lowest BCUT2D eigenvalue weighted by Gasteiger charge is -2.24. The maximum absolute atomic E-state index is 10.6. The number of carboxylic acids is 1. The van der Waals surface area contributed by atoms with Crippen molar-refractivity contribution in [3.8, 4) is 0 Å². The average molecular weight is 245 g/mol. The fourth-order valence-electron chi connectivity index (χ4n) is 2.09. The number of benzene rings is 1. The number of aliphatic carboxylic acids is 1. The fraction of sp³-hybridized carbons (Fsp3) is 0.400. The van der Waals surface area contributed by atoms with E-state index in [0.717, 1.165) is 30.3 Å². The molecule has 0 atom stereocenters. The number of carbonyl (C=O) groups is 1. The highest BCUT2D eigenvalue weighted by Crippen LogP contribution is 2.32. The van der Waals surface area contributed by atoms with Crippen LogP contribution < -0.4 is 4.90 Å². The quantitative estimate of drug-likeness (QED) is 0.783. The van der Waals surface area contributed by atoms with Crippen molar-refractivity contribution in [1.82, 2.24) is 0 Å². The molecule has 1 fully saturated rings. The first kappa shape index (κ1) is 12.7. The molecule has 1 saturated carbocycles. The number of carboxylic acid groups (broad SMARTS) is 1. The van der Waals surface area contributed by atoms with Crippen molar-refractivity contribution in [2.75, 3.05) is 18.0 Å². The van der Waals surface area contributed by atoms with E-state index in [1.165, 1.54) is 18.9 Å². The van der Waals surface area contributed by atoms with Crippen LogP contribution in [0.4, 0.5) is 5.69 Å². The third-order valence-corrected chi connectivity index (χ3v) is 3.24. The highest BCUT2D eigenvalue weighted by atomic mass is 16.4. The van der Waals surface area contributed by atoms with E-state index >= 15 is 0 Å². The SMILES string of the molecule is CCN(CC1CC1)c1ccccc1C=CC(=O)O. The molecule has 0 radical (unpaired) electrons. The molecule has 1 aliphatic rings. The maximum Gasteiger partial charge on any atom is 0.328 e. The standard InChI is InChI=1S/C15H19NO2/c1-2-16(11-12-7-8-12)14-6-4-3-5-13(14)9-10-15(17)18/h3-6,9-10,12H,2,7-8,11H2,1H3,(H,17,18). The van der Waals surface area contributed by atoms with Gasteiger partial charge in [-0.25, -0.2) is 4.79 Å². The first-order valence-corrected chi connectivity index (χ1v) is 6.45. The van der Waals surface area contributed by atoms with E-state index in [1.807, 2.05) is 18.2 Å². The van der Waals surface area contributed by atoms with Crippen LogP contribution in [0.5, 0.6) is 0 Å². The number of para-hydroxylation sites is 1. The van der Waals surface area contributed by atoms with Crippen LogP contribution in [0.3, 0.4) is 0 Å². The van der Waals surface area contributed by atoms with E-state index in [4.69, 9.17) is 5.11 Å². The van der Waals surface area contributed by atoms with Crippen LogP contribution in [-0.2, 0) is 4.79 Å². The number of hydrogen-bond acceptors (Lipinski definition) is 2. The van der Waals surface area contributed by atoms with Gasteiger partial charge in [-0.3, -0.25) is 0 Å². The summed E-state index contributed by atoms with van der Waals surface area (Å²) in [7, 11) is 0. The van der Waals surface area contributed by atoms with E-state index < -0.39 is 5.97 Å². The summed E-state index contributed by atoms with van der Waals surface area (Å²) in [4.78, 5) is 12.9. The lowest BCUT2D eigenvalue weighted by Crippen LogP contribution is -2.25. The molecular weight excluding hydrogens is 226 g/mol. The normalized spacial score (nSPS) is 14.9. The monoisotopic (exact) mass is 245 g/mol. The number of hydrogen-bond donors (Lipinski definition) is 1. The van der Waals surface area contributed by atoms with Crippen molar-refractivity contribution in [2.45, 2.75) is 19.8 Å². The van der Waals surface area contributed by atoms with Crippen LogP contribution >= 0.6 is 0 Å². The summed E-state index contributed by atoms with van der Waals surface area (Å²) in [5.74, 6) is -0.0866. The van der Waals surface area contributed by atoms with Crippen LogP contribution in [0.1, 0.15) is 25.3 Å². The van der Waals surface area contributed by atoms with Crippen LogP contribution in [0.2, 0.25) is 0 Å². The van der Waals surface area contributed by atoms with Gasteiger partial charge in [-0.1, -0.05) is 18.2 Å². The Morgan fingerprint density at radius 3 is 2.78 bits per heavy atom. The Kier molecular flexibility index (Phi) is 4.03. The molecule has 0 bridgehead atoms. The van der Waals surface area contributed by atoms with E-state index in [0.29, 0.717) is 0 Å². The van der Waals surface area contributed by atoms with Gasteiger partial charge in [0.15, 0.2) is 0 Å². The van der Waals surface area contributed by atoms with Gasteiger partial charge in [-0.2, -0.15) is 0 Å². The van der Waals surface area contributed by atoms with Crippen LogP contribution in [0.15, 0.2) is 30.3 Å². The minimum absolute atomic E-state index is 0.821. The highest BCUT2D eigenvalue weighted by molar-refractivity contribution is 5.87.